The first-order chi connectivity index (χ1) is 16.2. The molecule has 1 saturated carbocycles. The van der Waals surface area contributed by atoms with Crippen LogP contribution in [-0.2, 0) is 16.0 Å². The van der Waals surface area contributed by atoms with E-state index in [1.54, 1.807) is 4.90 Å². The van der Waals surface area contributed by atoms with Crippen molar-refractivity contribution in [3.05, 3.63) is 34.9 Å². The van der Waals surface area contributed by atoms with Gasteiger partial charge in [0.15, 0.2) is 5.78 Å². The first-order valence-corrected chi connectivity index (χ1v) is 12.9. The lowest BCUT2D eigenvalue weighted by molar-refractivity contribution is -0.126. The number of nitrogens with one attached hydrogen (secondary N) is 1. The van der Waals surface area contributed by atoms with Gasteiger partial charge in [-0.25, -0.2) is 4.79 Å². The fraction of sp³-hybridized carbons (Fsp3) is 0.667. The normalized spacial score (nSPS) is 27.0. The van der Waals surface area contributed by atoms with E-state index >= 15 is 0 Å². The van der Waals surface area contributed by atoms with E-state index in [0.29, 0.717) is 24.4 Å². The smallest absolute Gasteiger partial charge is 0.410 e. The minimum absolute atomic E-state index is 0.0168. The molecule has 1 aliphatic carbocycles. The Hall–Kier alpha value is -2.41. The van der Waals surface area contributed by atoms with Gasteiger partial charge in [0.2, 0.25) is 0 Å². The maximum Gasteiger partial charge on any atom is 0.410 e. The monoisotopic (exact) mass is 467 g/mol. The van der Waals surface area contributed by atoms with Gasteiger partial charge in [0.25, 0.3) is 5.91 Å². The standard InChI is InChI=1S/C27H37N3O4/c1-27(2,3)34-26(33)30-16-20-14-21(30)15-29(20)25(32)19-9-10-22-18(13-19)11-12-28-23(22)24(31)17-7-5-4-6-8-17/h9-10,13,17,20-21,23,28H,4-8,11-12,14-16H2,1-3H3/t20-,21-,23?/m0/s1. The third kappa shape index (κ3) is 4.47. The lowest BCUT2D eigenvalue weighted by Gasteiger charge is -2.35. The van der Waals surface area contributed by atoms with Crippen molar-refractivity contribution in [3.8, 4) is 0 Å². The zero-order chi connectivity index (χ0) is 24.0. The van der Waals surface area contributed by atoms with Gasteiger partial charge < -0.3 is 19.9 Å². The fourth-order valence-corrected chi connectivity index (χ4v) is 6.20. The highest BCUT2D eigenvalue weighted by Crippen LogP contribution is 2.35. The number of benzene rings is 1. The minimum atomic E-state index is -0.525. The Kier molecular flexibility index (Phi) is 6.17. The number of ketones is 1. The number of fused-ring (bicyclic) bond motifs is 3. The highest BCUT2D eigenvalue weighted by Gasteiger charge is 2.48. The average Bonchev–Trinajstić information content (AvgIpc) is 3.43. The summed E-state index contributed by atoms with van der Waals surface area (Å²) in [4.78, 5) is 42.8. The molecule has 3 fully saturated rings. The second-order valence-corrected chi connectivity index (χ2v) is 11.4. The molecule has 34 heavy (non-hydrogen) atoms. The largest absolute Gasteiger partial charge is 0.444 e. The average molecular weight is 468 g/mol. The molecule has 7 heteroatoms. The van der Waals surface area contributed by atoms with Gasteiger partial charge >= 0.3 is 6.09 Å². The molecule has 5 rings (SSSR count). The molecule has 3 heterocycles. The summed E-state index contributed by atoms with van der Waals surface area (Å²) >= 11 is 0. The molecule has 1 unspecified atom stereocenters. The van der Waals surface area contributed by atoms with Crippen molar-refractivity contribution in [3.63, 3.8) is 0 Å². The van der Waals surface area contributed by atoms with E-state index in [1.807, 2.05) is 43.9 Å². The molecule has 1 N–H and O–H groups in total. The maximum absolute atomic E-state index is 13.4. The van der Waals surface area contributed by atoms with Crippen LogP contribution in [0.15, 0.2) is 18.2 Å². The number of ether oxygens (including phenoxy) is 1. The Morgan fingerprint density at radius 1 is 1.00 bits per heavy atom. The Morgan fingerprint density at radius 3 is 2.38 bits per heavy atom. The summed E-state index contributed by atoms with van der Waals surface area (Å²) in [6, 6.07) is 5.67. The molecule has 1 aromatic carbocycles. The molecule has 0 aromatic heterocycles. The highest BCUT2D eigenvalue weighted by molar-refractivity contribution is 5.96. The lowest BCUT2D eigenvalue weighted by Crippen LogP contribution is -2.51. The zero-order valence-corrected chi connectivity index (χ0v) is 20.6. The van der Waals surface area contributed by atoms with Gasteiger partial charge in [-0.3, -0.25) is 9.59 Å². The van der Waals surface area contributed by atoms with Crippen LogP contribution in [-0.4, -0.2) is 64.9 Å². The third-order valence-corrected chi connectivity index (χ3v) is 7.87. The topological polar surface area (TPSA) is 79.0 Å². The number of rotatable bonds is 3. The molecule has 0 radical (unpaired) electrons. The summed E-state index contributed by atoms with van der Waals surface area (Å²) in [6.45, 7) is 7.44. The van der Waals surface area contributed by atoms with Crippen LogP contribution in [0.2, 0.25) is 0 Å². The number of hydrogen-bond donors (Lipinski definition) is 1. The number of piperazine rings is 1. The number of amides is 2. The molecule has 7 nitrogen and oxygen atoms in total. The molecule has 0 spiro atoms. The van der Waals surface area contributed by atoms with Crippen molar-refractivity contribution in [1.29, 1.82) is 0 Å². The van der Waals surface area contributed by atoms with Crippen molar-refractivity contribution >= 4 is 17.8 Å². The summed E-state index contributed by atoms with van der Waals surface area (Å²) in [6.07, 6.45) is 6.86. The van der Waals surface area contributed by atoms with Crippen LogP contribution in [0.5, 0.6) is 0 Å². The Balaban J connectivity index is 1.27. The number of hydrogen-bond acceptors (Lipinski definition) is 5. The van der Waals surface area contributed by atoms with Crippen LogP contribution >= 0.6 is 0 Å². The molecule has 2 bridgehead atoms. The van der Waals surface area contributed by atoms with Gasteiger partial charge in [-0.05, 0) is 69.7 Å². The quantitative estimate of drug-likeness (QED) is 0.730. The van der Waals surface area contributed by atoms with Gasteiger partial charge in [0.1, 0.15) is 5.60 Å². The molecule has 184 valence electrons. The second-order valence-electron chi connectivity index (χ2n) is 11.4. The number of likely N-dealkylation sites (tertiary alicyclic amines) is 2. The number of Topliss-reactive ketones (excluding diaryl/α,β-unsaturated/α-hetero) is 1. The van der Waals surface area contributed by atoms with Crippen LogP contribution in [0.4, 0.5) is 4.79 Å². The molecular weight excluding hydrogens is 430 g/mol. The highest BCUT2D eigenvalue weighted by atomic mass is 16.6. The van der Waals surface area contributed by atoms with Gasteiger partial charge in [0, 0.05) is 31.1 Å². The summed E-state index contributed by atoms with van der Waals surface area (Å²) in [5, 5.41) is 3.44. The van der Waals surface area contributed by atoms with E-state index in [-0.39, 0.29) is 36.0 Å². The van der Waals surface area contributed by atoms with Gasteiger partial charge in [-0.15, -0.1) is 0 Å². The van der Waals surface area contributed by atoms with Crippen LogP contribution in [0.1, 0.15) is 86.8 Å². The predicted molar refractivity (Wildman–Crippen MR) is 129 cm³/mol. The molecule has 3 atom stereocenters. The van der Waals surface area contributed by atoms with E-state index in [9.17, 15) is 14.4 Å². The molecule has 2 amide bonds. The van der Waals surface area contributed by atoms with Gasteiger partial charge in [-0.2, -0.15) is 0 Å². The summed E-state index contributed by atoms with van der Waals surface area (Å²) in [5.41, 5.74) is 2.31. The molecular formula is C27H37N3O4. The van der Waals surface area contributed by atoms with E-state index in [4.69, 9.17) is 4.74 Å². The molecule has 2 saturated heterocycles. The van der Waals surface area contributed by atoms with E-state index in [2.05, 4.69) is 5.32 Å². The fourth-order valence-electron chi connectivity index (χ4n) is 6.20. The first kappa shape index (κ1) is 23.3. The Bertz CT molecular complexity index is 979. The minimum Gasteiger partial charge on any atom is -0.444 e. The summed E-state index contributed by atoms with van der Waals surface area (Å²) < 4.78 is 5.54. The summed E-state index contributed by atoms with van der Waals surface area (Å²) in [5.74, 6) is 0.498. The Labute approximate surface area is 202 Å². The lowest BCUT2D eigenvalue weighted by atomic mass is 9.80. The van der Waals surface area contributed by atoms with Crippen molar-refractivity contribution in [2.24, 2.45) is 5.92 Å². The van der Waals surface area contributed by atoms with Crippen molar-refractivity contribution in [2.75, 3.05) is 19.6 Å². The van der Waals surface area contributed by atoms with Crippen molar-refractivity contribution in [1.82, 2.24) is 15.1 Å². The Morgan fingerprint density at radius 2 is 1.71 bits per heavy atom. The van der Waals surface area contributed by atoms with Crippen LogP contribution in [0.25, 0.3) is 0 Å². The van der Waals surface area contributed by atoms with Gasteiger partial charge in [0.05, 0.1) is 18.1 Å². The third-order valence-electron chi connectivity index (χ3n) is 7.87. The zero-order valence-electron chi connectivity index (χ0n) is 20.6. The van der Waals surface area contributed by atoms with E-state index < -0.39 is 5.60 Å². The van der Waals surface area contributed by atoms with Crippen LogP contribution in [0.3, 0.4) is 0 Å². The SMILES string of the molecule is CC(C)(C)OC(=O)N1C[C@@H]2C[C@H]1CN2C(=O)c1ccc2c(c1)CCNC2C(=O)C1CCCCC1. The van der Waals surface area contributed by atoms with Crippen LogP contribution in [0, 0.1) is 5.92 Å². The second kappa shape index (κ2) is 8.99. The van der Waals surface area contributed by atoms with Crippen molar-refractivity contribution in [2.45, 2.75) is 89.4 Å². The van der Waals surface area contributed by atoms with E-state index in [0.717, 1.165) is 56.2 Å². The first-order valence-electron chi connectivity index (χ1n) is 12.9. The molecule has 4 aliphatic rings. The van der Waals surface area contributed by atoms with Gasteiger partial charge in [-0.1, -0.05) is 25.3 Å². The van der Waals surface area contributed by atoms with Crippen LogP contribution < -0.4 is 5.32 Å². The predicted octanol–water partition coefficient (Wildman–Crippen LogP) is 3.86. The number of carbonyl (C=O) groups is 3. The van der Waals surface area contributed by atoms with E-state index in [1.165, 1.54) is 6.42 Å². The number of nitrogens with zero attached hydrogens (tertiary/aromatic N) is 2. The summed E-state index contributed by atoms with van der Waals surface area (Å²) in [7, 11) is 0. The molecule has 1 aromatic rings. The molecule has 3 aliphatic heterocycles. The number of carbonyl (C=O) groups excluding carboxylic acids is 3. The van der Waals surface area contributed by atoms with Crippen molar-refractivity contribution < 1.29 is 19.1 Å². The maximum atomic E-state index is 13.4.